The van der Waals surface area contributed by atoms with Crippen LogP contribution in [0.25, 0.3) is 0 Å². The Morgan fingerprint density at radius 2 is 2.24 bits per heavy atom. The molecule has 17 heavy (non-hydrogen) atoms. The first kappa shape index (κ1) is 12.4. The van der Waals surface area contributed by atoms with Gasteiger partial charge >= 0.3 is 0 Å². The highest BCUT2D eigenvalue weighted by atomic mass is 16.5. The van der Waals surface area contributed by atoms with E-state index in [0.29, 0.717) is 19.1 Å². The average molecular weight is 235 g/mol. The van der Waals surface area contributed by atoms with E-state index >= 15 is 0 Å². The van der Waals surface area contributed by atoms with Gasteiger partial charge in [-0.2, -0.15) is 0 Å². The zero-order valence-electron chi connectivity index (χ0n) is 10.4. The summed E-state index contributed by atoms with van der Waals surface area (Å²) in [6.07, 6.45) is 2.51. The van der Waals surface area contributed by atoms with Crippen LogP contribution in [0.15, 0.2) is 24.3 Å². The highest BCUT2D eigenvalue weighted by Crippen LogP contribution is 2.43. The number of para-hydroxylation sites is 1. The molecule has 0 bridgehead atoms. The molecule has 1 aliphatic rings. The summed E-state index contributed by atoms with van der Waals surface area (Å²) in [6, 6.07) is 8.10. The number of ether oxygens (including phenoxy) is 1. The fraction of sp³-hybridized carbons (Fsp3) is 0.571. The number of hydrogen-bond donors (Lipinski definition) is 2. The van der Waals surface area contributed by atoms with E-state index in [1.165, 1.54) is 5.56 Å². The van der Waals surface area contributed by atoms with Gasteiger partial charge < -0.3 is 15.6 Å². The molecule has 0 radical (unpaired) electrons. The monoisotopic (exact) mass is 235 g/mol. The van der Waals surface area contributed by atoms with Crippen molar-refractivity contribution >= 4 is 0 Å². The molecule has 0 heterocycles. The van der Waals surface area contributed by atoms with Gasteiger partial charge in [-0.3, -0.25) is 0 Å². The van der Waals surface area contributed by atoms with Crippen LogP contribution in [-0.4, -0.2) is 23.9 Å². The summed E-state index contributed by atoms with van der Waals surface area (Å²) in [6.45, 7) is 3.01. The van der Waals surface area contributed by atoms with Crippen LogP contribution in [-0.2, 0) is 0 Å². The lowest BCUT2D eigenvalue weighted by molar-refractivity contribution is 0.0554. The summed E-state index contributed by atoms with van der Waals surface area (Å²) in [5, 5.41) is 10.2. The van der Waals surface area contributed by atoms with Crippen LogP contribution >= 0.6 is 0 Å². The molecule has 1 saturated carbocycles. The van der Waals surface area contributed by atoms with Crippen molar-refractivity contribution < 1.29 is 9.84 Å². The topological polar surface area (TPSA) is 55.5 Å². The maximum atomic E-state index is 10.2. The number of aliphatic hydroxyl groups is 1. The summed E-state index contributed by atoms with van der Waals surface area (Å²) in [5.74, 6) is 1.31. The van der Waals surface area contributed by atoms with Gasteiger partial charge in [0, 0.05) is 6.54 Å². The fourth-order valence-electron chi connectivity index (χ4n) is 2.66. The van der Waals surface area contributed by atoms with Crippen LogP contribution < -0.4 is 10.5 Å². The number of rotatable bonds is 4. The second-order valence-electron chi connectivity index (χ2n) is 4.84. The molecule has 1 aromatic rings. The highest BCUT2D eigenvalue weighted by Gasteiger charge is 2.37. The van der Waals surface area contributed by atoms with Gasteiger partial charge in [0.15, 0.2) is 0 Å². The maximum absolute atomic E-state index is 10.2. The summed E-state index contributed by atoms with van der Waals surface area (Å²) >= 11 is 0. The molecule has 3 heteroatoms. The zero-order chi connectivity index (χ0) is 12.3. The Bertz CT molecular complexity index is 380. The van der Waals surface area contributed by atoms with E-state index < -0.39 is 5.60 Å². The molecular formula is C14H21NO2. The molecule has 3 nitrogen and oxygen atoms in total. The molecule has 2 rings (SSSR count). The van der Waals surface area contributed by atoms with Gasteiger partial charge in [0.1, 0.15) is 5.75 Å². The quantitative estimate of drug-likeness (QED) is 0.839. The normalized spacial score (nSPS) is 28.3. The second-order valence-corrected chi connectivity index (χ2v) is 4.84. The van der Waals surface area contributed by atoms with Gasteiger partial charge in [0.25, 0.3) is 0 Å². The molecule has 94 valence electrons. The summed E-state index contributed by atoms with van der Waals surface area (Å²) in [7, 11) is 0. The van der Waals surface area contributed by atoms with Crippen LogP contribution in [0.3, 0.4) is 0 Å². The first-order valence-electron chi connectivity index (χ1n) is 6.32. The lowest BCUT2D eigenvalue weighted by Crippen LogP contribution is -2.34. The summed E-state index contributed by atoms with van der Waals surface area (Å²) in [4.78, 5) is 0. The molecule has 2 unspecified atom stereocenters. The van der Waals surface area contributed by atoms with Crippen molar-refractivity contribution in [2.45, 2.75) is 37.7 Å². The largest absolute Gasteiger partial charge is 0.494 e. The molecule has 3 N–H and O–H groups in total. The van der Waals surface area contributed by atoms with E-state index in [2.05, 4.69) is 6.07 Å². The van der Waals surface area contributed by atoms with Crippen LogP contribution in [0, 0.1) is 0 Å². The molecule has 0 aliphatic heterocycles. The number of hydrogen-bond acceptors (Lipinski definition) is 3. The molecule has 2 atom stereocenters. The van der Waals surface area contributed by atoms with Gasteiger partial charge in [-0.05, 0) is 43.7 Å². The van der Waals surface area contributed by atoms with Crippen LogP contribution in [0.2, 0.25) is 0 Å². The Balaban J connectivity index is 2.18. The first-order valence-corrected chi connectivity index (χ1v) is 6.32. The number of benzene rings is 1. The van der Waals surface area contributed by atoms with Crippen LogP contribution in [0.1, 0.15) is 37.7 Å². The molecule has 1 fully saturated rings. The van der Waals surface area contributed by atoms with Crippen LogP contribution in [0.4, 0.5) is 0 Å². The molecule has 0 aromatic heterocycles. The second kappa shape index (κ2) is 5.07. The average Bonchev–Trinajstić information content (AvgIpc) is 2.74. The van der Waals surface area contributed by atoms with Gasteiger partial charge in [0.2, 0.25) is 0 Å². The van der Waals surface area contributed by atoms with Crippen molar-refractivity contribution in [3.8, 4) is 5.75 Å². The van der Waals surface area contributed by atoms with E-state index in [4.69, 9.17) is 10.5 Å². The first-order chi connectivity index (χ1) is 8.18. The molecule has 1 aliphatic carbocycles. The minimum absolute atomic E-state index is 0.348. The Kier molecular flexibility index (Phi) is 3.69. The minimum atomic E-state index is -0.677. The van der Waals surface area contributed by atoms with Crippen molar-refractivity contribution in [1.29, 1.82) is 0 Å². The predicted molar refractivity (Wildman–Crippen MR) is 68.2 cm³/mol. The molecule has 0 amide bonds. The molecular weight excluding hydrogens is 214 g/mol. The van der Waals surface area contributed by atoms with Crippen molar-refractivity contribution in [3.63, 3.8) is 0 Å². The van der Waals surface area contributed by atoms with Gasteiger partial charge in [-0.25, -0.2) is 0 Å². The summed E-state index contributed by atoms with van der Waals surface area (Å²) in [5.41, 5.74) is 6.15. The zero-order valence-corrected chi connectivity index (χ0v) is 10.4. The molecule has 1 aromatic carbocycles. The van der Waals surface area contributed by atoms with E-state index in [-0.39, 0.29) is 0 Å². The van der Waals surface area contributed by atoms with Crippen LogP contribution in [0.5, 0.6) is 5.75 Å². The van der Waals surface area contributed by atoms with E-state index in [9.17, 15) is 5.11 Å². The smallest absolute Gasteiger partial charge is 0.122 e. The Morgan fingerprint density at radius 1 is 1.47 bits per heavy atom. The molecule has 0 saturated heterocycles. The third-order valence-electron chi connectivity index (χ3n) is 3.62. The SMILES string of the molecule is CCOc1ccccc1C1CCC(O)(CN)C1. The summed E-state index contributed by atoms with van der Waals surface area (Å²) < 4.78 is 5.64. The lowest BCUT2D eigenvalue weighted by atomic mass is 9.94. The Morgan fingerprint density at radius 3 is 2.88 bits per heavy atom. The van der Waals surface area contributed by atoms with Crippen molar-refractivity contribution in [2.24, 2.45) is 5.73 Å². The predicted octanol–water partition coefficient (Wildman–Crippen LogP) is 2.04. The van der Waals surface area contributed by atoms with Gasteiger partial charge in [-0.15, -0.1) is 0 Å². The van der Waals surface area contributed by atoms with Gasteiger partial charge in [-0.1, -0.05) is 18.2 Å². The Labute approximate surface area is 103 Å². The fourth-order valence-corrected chi connectivity index (χ4v) is 2.66. The van der Waals surface area contributed by atoms with Crippen molar-refractivity contribution in [1.82, 2.24) is 0 Å². The Hall–Kier alpha value is -1.06. The van der Waals surface area contributed by atoms with Crippen molar-refractivity contribution in [3.05, 3.63) is 29.8 Å². The minimum Gasteiger partial charge on any atom is -0.494 e. The van der Waals surface area contributed by atoms with Crippen molar-refractivity contribution in [2.75, 3.05) is 13.2 Å². The highest BCUT2D eigenvalue weighted by molar-refractivity contribution is 5.37. The molecule has 0 spiro atoms. The third kappa shape index (κ3) is 2.61. The van der Waals surface area contributed by atoms with Gasteiger partial charge in [0.05, 0.1) is 12.2 Å². The van der Waals surface area contributed by atoms with E-state index in [1.807, 2.05) is 25.1 Å². The lowest BCUT2D eigenvalue weighted by Gasteiger charge is -2.21. The number of nitrogens with two attached hydrogens (primary N) is 1. The standard InChI is InChI=1S/C14H21NO2/c1-2-17-13-6-4-3-5-12(13)11-7-8-14(16,9-11)10-15/h3-6,11,16H,2,7-10,15H2,1H3. The van der Waals surface area contributed by atoms with E-state index in [0.717, 1.165) is 25.0 Å². The third-order valence-corrected chi connectivity index (χ3v) is 3.62. The maximum Gasteiger partial charge on any atom is 0.122 e. The van der Waals surface area contributed by atoms with E-state index in [1.54, 1.807) is 0 Å².